The lowest BCUT2D eigenvalue weighted by atomic mass is 10.2. The minimum Gasteiger partial charge on any atom is -0.170 e. The summed E-state index contributed by atoms with van der Waals surface area (Å²) in [5, 5.41) is 0. The van der Waals surface area contributed by atoms with Gasteiger partial charge in [-0.15, -0.1) is 11.8 Å². The Morgan fingerprint density at radius 2 is 2.07 bits per heavy atom. The normalized spacial score (nSPS) is 13.9. The zero-order chi connectivity index (χ0) is 11.5. The van der Waals surface area contributed by atoms with E-state index < -0.39 is 11.0 Å². The lowest BCUT2D eigenvalue weighted by Crippen LogP contribution is -2.24. The number of benzene rings is 1. The molecule has 0 saturated carbocycles. The number of aryl methyl sites for hydroxylation is 1. The Morgan fingerprint density at radius 1 is 1.40 bits per heavy atom. The molecule has 0 aliphatic rings. The fraction of sp³-hybridized carbons (Fsp3) is 0.400. The average Bonchev–Trinajstić information content (AvgIpc) is 2.12. The molecule has 0 aliphatic heterocycles. The molecule has 5 heteroatoms. The van der Waals surface area contributed by atoms with E-state index in [-0.39, 0.29) is 5.75 Å². The van der Waals surface area contributed by atoms with Gasteiger partial charge in [0.25, 0.3) is 0 Å². The van der Waals surface area contributed by atoms with Crippen molar-refractivity contribution in [3.05, 3.63) is 29.8 Å². The van der Waals surface area contributed by atoms with E-state index in [0.717, 1.165) is 10.5 Å². The van der Waals surface area contributed by atoms with Crippen molar-refractivity contribution in [3.8, 4) is 0 Å². The third-order valence-electron chi connectivity index (χ3n) is 1.74. The number of rotatable bonds is 3. The van der Waals surface area contributed by atoms with Crippen molar-refractivity contribution in [1.82, 2.24) is 0 Å². The topological polar surface area (TPSA) is 0 Å². The summed E-state index contributed by atoms with van der Waals surface area (Å²) >= 11 is 3.83. The molecule has 15 heavy (non-hydrogen) atoms. The molecule has 0 radical (unpaired) electrons. The predicted octanol–water partition coefficient (Wildman–Crippen LogP) is 4.41. The molecular weight excluding hydrogens is 289 g/mol. The lowest BCUT2D eigenvalue weighted by molar-refractivity contribution is -0.122. The molecule has 0 nitrogen and oxygen atoms in total. The van der Waals surface area contributed by atoms with Gasteiger partial charge in [-0.3, -0.25) is 0 Å². The molecule has 0 aliphatic carbocycles. The highest BCUT2D eigenvalue weighted by Gasteiger charge is 2.37. The van der Waals surface area contributed by atoms with Crippen LogP contribution in [0.1, 0.15) is 5.56 Å². The summed E-state index contributed by atoms with van der Waals surface area (Å²) in [6.45, 7) is 1.92. The van der Waals surface area contributed by atoms with Gasteiger partial charge < -0.3 is 0 Å². The van der Waals surface area contributed by atoms with Crippen molar-refractivity contribution in [3.63, 3.8) is 0 Å². The van der Waals surface area contributed by atoms with Crippen LogP contribution < -0.4 is 0 Å². The number of halogens is 4. The van der Waals surface area contributed by atoms with Crippen LogP contribution in [0.4, 0.5) is 13.2 Å². The Morgan fingerprint density at radius 3 is 2.60 bits per heavy atom. The second kappa shape index (κ2) is 5.25. The van der Waals surface area contributed by atoms with Crippen LogP contribution in [0.5, 0.6) is 0 Å². The smallest absolute Gasteiger partial charge is 0.170 e. The Kier molecular flexibility index (Phi) is 4.52. The van der Waals surface area contributed by atoms with Crippen LogP contribution in [-0.4, -0.2) is 16.8 Å². The van der Waals surface area contributed by atoms with E-state index in [1.807, 2.05) is 31.2 Å². The molecule has 0 aromatic heterocycles. The highest BCUT2D eigenvalue weighted by molar-refractivity contribution is 9.09. The van der Waals surface area contributed by atoms with Crippen molar-refractivity contribution in [2.45, 2.75) is 22.8 Å². The molecular formula is C10H10BrF3S. The molecule has 0 amide bonds. The van der Waals surface area contributed by atoms with Crippen LogP contribution in [0, 0.1) is 6.92 Å². The molecule has 1 rings (SSSR count). The summed E-state index contributed by atoms with van der Waals surface area (Å²) in [5.74, 6) is -0.00699. The predicted molar refractivity (Wildman–Crippen MR) is 60.7 cm³/mol. The summed E-state index contributed by atoms with van der Waals surface area (Å²) in [7, 11) is 0. The maximum Gasteiger partial charge on any atom is 0.402 e. The molecule has 0 N–H and O–H groups in total. The molecule has 0 bridgehead atoms. The highest BCUT2D eigenvalue weighted by Crippen LogP contribution is 2.31. The highest BCUT2D eigenvalue weighted by atomic mass is 79.9. The Labute approximate surface area is 99.4 Å². The first-order chi connectivity index (χ1) is 6.89. The van der Waals surface area contributed by atoms with Gasteiger partial charge in [-0.25, -0.2) is 0 Å². The van der Waals surface area contributed by atoms with Crippen molar-refractivity contribution >= 4 is 27.7 Å². The van der Waals surface area contributed by atoms with Gasteiger partial charge >= 0.3 is 6.18 Å². The fourth-order valence-corrected chi connectivity index (χ4v) is 2.34. The molecule has 0 spiro atoms. The van der Waals surface area contributed by atoms with E-state index >= 15 is 0 Å². The maximum atomic E-state index is 12.2. The maximum absolute atomic E-state index is 12.2. The Hall–Kier alpha value is -0.160. The molecule has 0 saturated heterocycles. The standard InChI is InChI=1S/C10H10BrF3S/c1-7-3-2-4-8(5-7)15-6-9(11)10(12,13)14/h2-5,9H,6H2,1H3. The third-order valence-corrected chi connectivity index (χ3v) is 4.10. The number of hydrogen-bond acceptors (Lipinski definition) is 1. The lowest BCUT2D eigenvalue weighted by Gasteiger charge is -2.13. The van der Waals surface area contributed by atoms with Crippen LogP contribution in [0.2, 0.25) is 0 Å². The van der Waals surface area contributed by atoms with Gasteiger partial charge in [-0.05, 0) is 19.1 Å². The molecule has 84 valence electrons. The van der Waals surface area contributed by atoms with E-state index in [0.29, 0.717) is 0 Å². The fourth-order valence-electron chi connectivity index (χ4n) is 0.969. The first kappa shape index (κ1) is 12.9. The molecule has 0 heterocycles. The summed E-state index contributed by atoms with van der Waals surface area (Å²) < 4.78 is 36.5. The first-order valence-electron chi connectivity index (χ1n) is 4.30. The monoisotopic (exact) mass is 298 g/mol. The Balaban J connectivity index is 2.51. The number of thioether (sulfide) groups is 1. The molecule has 1 aromatic carbocycles. The van der Waals surface area contributed by atoms with E-state index in [2.05, 4.69) is 15.9 Å². The summed E-state index contributed by atoms with van der Waals surface area (Å²) in [5.41, 5.74) is 1.05. The summed E-state index contributed by atoms with van der Waals surface area (Å²) in [6.07, 6.45) is -4.17. The van der Waals surface area contributed by atoms with Gasteiger partial charge in [0.15, 0.2) is 0 Å². The molecule has 0 fully saturated rings. The summed E-state index contributed by atoms with van der Waals surface area (Å²) in [4.78, 5) is -0.584. The van der Waals surface area contributed by atoms with E-state index in [1.54, 1.807) is 0 Å². The largest absolute Gasteiger partial charge is 0.402 e. The van der Waals surface area contributed by atoms with Crippen LogP contribution in [0.3, 0.4) is 0 Å². The second-order valence-corrected chi connectivity index (χ2v) is 5.34. The van der Waals surface area contributed by atoms with Gasteiger partial charge in [-0.1, -0.05) is 33.6 Å². The first-order valence-corrected chi connectivity index (χ1v) is 6.20. The van der Waals surface area contributed by atoms with Crippen molar-refractivity contribution in [2.24, 2.45) is 0 Å². The van der Waals surface area contributed by atoms with E-state index in [4.69, 9.17) is 0 Å². The van der Waals surface area contributed by atoms with Crippen LogP contribution in [-0.2, 0) is 0 Å². The van der Waals surface area contributed by atoms with E-state index in [1.165, 1.54) is 11.8 Å². The third kappa shape index (κ3) is 4.47. The molecule has 1 atom stereocenters. The Bertz CT molecular complexity index is 325. The van der Waals surface area contributed by atoms with Crippen LogP contribution in [0.15, 0.2) is 29.2 Å². The van der Waals surface area contributed by atoms with Gasteiger partial charge in [0.05, 0.1) is 0 Å². The van der Waals surface area contributed by atoms with Crippen LogP contribution in [0.25, 0.3) is 0 Å². The zero-order valence-electron chi connectivity index (χ0n) is 8.01. The van der Waals surface area contributed by atoms with E-state index in [9.17, 15) is 13.2 Å². The minimum atomic E-state index is -4.17. The molecule has 1 unspecified atom stereocenters. The number of alkyl halides is 4. The van der Waals surface area contributed by atoms with Crippen molar-refractivity contribution in [1.29, 1.82) is 0 Å². The SMILES string of the molecule is Cc1cccc(SCC(Br)C(F)(F)F)c1. The number of hydrogen-bond donors (Lipinski definition) is 0. The molecule has 1 aromatic rings. The minimum absolute atomic E-state index is 0.00699. The quantitative estimate of drug-likeness (QED) is 0.588. The van der Waals surface area contributed by atoms with Crippen LogP contribution >= 0.6 is 27.7 Å². The van der Waals surface area contributed by atoms with Crippen molar-refractivity contribution < 1.29 is 13.2 Å². The second-order valence-electron chi connectivity index (χ2n) is 3.14. The van der Waals surface area contributed by atoms with Gasteiger partial charge in [0, 0.05) is 10.6 Å². The van der Waals surface area contributed by atoms with Gasteiger partial charge in [0.2, 0.25) is 0 Å². The van der Waals surface area contributed by atoms with Crippen molar-refractivity contribution in [2.75, 3.05) is 5.75 Å². The summed E-state index contributed by atoms with van der Waals surface area (Å²) in [6, 6.07) is 7.45. The average molecular weight is 299 g/mol. The van der Waals surface area contributed by atoms with Gasteiger partial charge in [0.1, 0.15) is 4.83 Å². The zero-order valence-corrected chi connectivity index (χ0v) is 10.4. The van der Waals surface area contributed by atoms with Gasteiger partial charge in [-0.2, -0.15) is 13.2 Å².